The number of rotatable bonds is 4. The average Bonchev–Trinajstić information content (AvgIpc) is 3.20. The Morgan fingerprint density at radius 3 is 2.85 bits per heavy atom. The Hall–Kier alpha value is -2.51. The van der Waals surface area contributed by atoms with Crippen LogP contribution in [0.4, 0.5) is 5.69 Å². The van der Waals surface area contributed by atoms with Crippen LogP contribution < -0.4 is 5.32 Å². The molecule has 0 saturated heterocycles. The van der Waals surface area contributed by atoms with Crippen LogP contribution in [0.3, 0.4) is 0 Å². The van der Waals surface area contributed by atoms with Gasteiger partial charge in [0.05, 0.1) is 5.69 Å². The molecule has 0 spiro atoms. The van der Waals surface area contributed by atoms with Gasteiger partial charge < -0.3 is 14.3 Å². The minimum absolute atomic E-state index is 0.271. The molecular formula is C20H16BrN3O2S. The molecule has 0 bridgehead atoms. The van der Waals surface area contributed by atoms with Crippen molar-refractivity contribution in [3.63, 3.8) is 0 Å². The van der Waals surface area contributed by atoms with E-state index < -0.39 is 0 Å². The number of imidazole rings is 1. The Morgan fingerprint density at radius 2 is 2.07 bits per heavy atom. The maximum absolute atomic E-state index is 12.9. The predicted octanol–water partition coefficient (Wildman–Crippen LogP) is 5.64. The fourth-order valence-electron chi connectivity index (χ4n) is 2.80. The van der Waals surface area contributed by atoms with E-state index >= 15 is 0 Å². The number of para-hydroxylation sites is 1. The van der Waals surface area contributed by atoms with Gasteiger partial charge in [-0.15, -0.1) is 0 Å². The van der Waals surface area contributed by atoms with Crippen LogP contribution in [0.15, 0.2) is 73.8 Å². The lowest BCUT2D eigenvalue weighted by atomic mass is 10.1. The van der Waals surface area contributed by atoms with Gasteiger partial charge in [0, 0.05) is 39.8 Å². The minimum Gasteiger partial charge on any atom is -0.451 e. The van der Waals surface area contributed by atoms with Gasteiger partial charge in [0.1, 0.15) is 5.58 Å². The molecule has 4 aromatic rings. The molecular weight excluding hydrogens is 426 g/mol. The quantitative estimate of drug-likeness (QED) is 0.444. The molecule has 1 N–H and O–H groups in total. The van der Waals surface area contributed by atoms with Crippen LogP contribution in [0.5, 0.6) is 0 Å². The number of hydrogen-bond acceptors (Lipinski definition) is 4. The number of nitrogens with zero attached hydrogens (tertiary/aromatic N) is 2. The van der Waals surface area contributed by atoms with Gasteiger partial charge in [0.2, 0.25) is 0 Å². The lowest BCUT2D eigenvalue weighted by Gasteiger charge is -2.10. The van der Waals surface area contributed by atoms with E-state index in [-0.39, 0.29) is 5.91 Å². The largest absolute Gasteiger partial charge is 0.451 e. The van der Waals surface area contributed by atoms with Crippen molar-refractivity contribution in [2.75, 3.05) is 5.32 Å². The van der Waals surface area contributed by atoms with E-state index in [0.717, 1.165) is 31.2 Å². The average molecular weight is 442 g/mol. The fourth-order valence-corrected chi connectivity index (χ4v) is 4.05. The predicted molar refractivity (Wildman–Crippen MR) is 110 cm³/mol. The number of fused-ring (bicyclic) bond motifs is 1. The number of hydrogen-bond donors (Lipinski definition) is 1. The van der Waals surface area contributed by atoms with Gasteiger partial charge in [0.25, 0.3) is 5.91 Å². The van der Waals surface area contributed by atoms with Gasteiger partial charge in [-0.1, -0.05) is 28.1 Å². The molecule has 5 nitrogen and oxygen atoms in total. The van der Waals surface area contributed by atoms with E-state index in [1.165, 1.54) is 11.8 Å². The first-order chi connectivity index (χ1) is 13.0. The smallest absolute Gasteiger partial charge is 0.291 e. The summed E-state index contributed by atoms with van der Waals surface area (Å²) >= 11 is 4.95. The summed E-state index contributed by atoms with van der Waals surface area (Å²) < 4.78 is 8.68. The van der Waals surface area contributed by atoms with Gasteiger partial charge in [-0.05, 0) is 49.0 Å². The lowest BCUT2D eigenvalue weighted by molar-refractivity contribution is 0.0997. The minimum atomic E-state index is -0.271. The Kier molecular flexibility index (Phi) is 4.80. The maximum atomic E-state index is 12.9. The fraction of sp³-hybridized carbons (Fsp3) is 0.100. The number of aryl methyl sites for hydroxylation is 2. The third kappa shape index (κ3) is 3.52. The zero-order chi connectivity index (χ0) is 19.0. The highest BCUT2D eigenvalue weighted by molar-refractivity contribution is 9.10. The van der Waals surface area contributed by atoms with Crippen LogP contribution in [-0.2, 0) is 7.05 Å². The number of aromatic nitrogens is 2. The van der Waals surface area contributed by atoms with E-state index in [9.17, 15) is 4.79 Å². The third-order valence-corrected chi connectivity index (χ3v) is 5.86. The number of nitrogens with one attached hydrogen (secondary N) is 1. The number of carbonyl (C=O) groups excluding carboxylic acids is 1. The first-order valence-corrected chi connectivity index (χ1v) is 9.88. The molecule has 27 heavy (non-hydrogen) atoms. The second kappa shape index (κ2) is 7.25. The first-order valence-electron chi connectivity index (χ1n) is 8.27. The molecule has 1 amide bonds. The number of carbonyl (C=O) groups is 1. The van der Waals surface area contributed by atoms with Crippen molar-refractivity contribution in [3.8, 4) is 0 Å². The molecule has 0 atom stereocenters. The number of benzene rings is 2. The maximum Gasteiger partial charge on any atom is 0.291 e. The van der Waals surface area contributed by atoms with Crippen molar-refractivity contribution in [1.29, 1.82) is 0 Å². The van der Waals surface area contributed by atoms with Crippen LogP contribution in [0.1, 0.15) is 16.1 Å². The number of anilines is 1. The monoisotopic (exact) mass is 441 g/mol. The summed E-state index contributed by atoms with van der Waals surface area (Å²) in [5, 5.41) is 4.74. The molecule has 0 aliphatic carbocycles. The van der Waals surface area contributed by atoms with E-state index in [4.69, 9.17) is 4.42 Å². The molecule has 2 heterocycles. The van der Waals surface area contributed by atoms with E-state index in [2.05, 4.69) is 26.2 Å². The third-order valence-electron chi connectivity index (χ3n) is 4.22. The molecule has 2 aromatic carbocycles. The normalized spacial score (nSPS) is 11.1. The summed E-state index contributed by atoms with van der Waals surface area (Å²) in [6.45, 7) is 1.89. The van der Waals surface area contributed by atoms with Crippen molar-refractivity contribution < 1.29 is 9.21 Å². The van der Waals surface area contributed by atoms with E-state index in [1.807, 2.05) is 67.2 Å². The molecule has 0 saturated carbocycles. The van der Waals surface area contributed by atoms with Crippen LogP contribution in [0, 0.1) is 6.92 Å². The van der Waals surface area contributed by atoms with Crippen LogP contribution >= 0.6 is 27.7 Å². The molecule has 0 radical (unpaired) electrons. The molecule has 0 unspecified atom stereocenters. The summed E-state index contributed by atoms with van der Waals surface area (Å²) in [4.78, 5) is 18.1. The molecule has 0 fully saturated rings. The van der Waals surface area contributed by atoms with Gasteiger partial charge in [-0.2, -0.15) is 0 Å². The number of amides is 1. The van der Waals surface area contributed by atoms with Gasteiger partial charge >= 0.3 is 0 Å². The summed E-state index contributed by atoms with van der Waals surface area (Å²) in [5.41, 5.74) is 2.23. The van der Waals surface area contributed by atoms with Gasteiger partial charge in [0.15, 0.2) is 10.9 Å². The highest BCUT2D eigenvalue weighted by Gasteiger charge is 2.19. The zero-order valence-electron chi connectivity index (χ0n) is 14.7. The van der Waals surface area contributed by atoms with Crippen LogP contribution in [0.25, 0.3) is 11.0 Å². The van der Waals surface area contributed by atoms with E-state index in [1.54, 1.807) is 6.20 Å². The van der Waals surface area contributed by atoms with Gasteiger partial charge in [-0.3, -0.25) is 4.79 Å². The summed E-state index contributed by atoms with van der Waals surface area (Å²) in [7, 11) is 1.94. The number of halogens is 1. The highest BCUT2D eigenvalue weighted by Crippen LogP contribution is 2.33. The molecule has 0 aliphatic rings. The molecule has 2 aromatic heterocycles. The Morgan fingerprint density at radius 1 is 1.26 bits per heavy atom. The van der Waals surface area contributed by atoms with Gasteiger partial charge in [-0.25, -0.2) is 4.98 Å². The van der Waals surface area contributed by atoms with E-state index in [0.29, 0.717) is 11.3 Å². The topological polar surface area (TPSA) is 60.1 Å². The van der Waals surface area contributed by atoms with Crippen LogP contribution in [0.2, 0.25) is 0 Å². The second-order valence-corrected chi connectivity index (χ2v) is 7.99. The van der Waals surface area contributed by atoms with Crippen molar-refractivity contribution in [2.24, 2.45) is 7.05 Å². The standard InChI is InChI=1S/C20H16BrN3O2S/c1-12-14-11-13(21)7-8-16(14)26-18(12)19(25)23-15-5-3-4-6-17(15)27-20-22-9-10-24(20)2/h3-11H,1-2H3,(H,23,25). The lowest BCUT2D eigenvalue weighted by Crippen LogP contribution is -2.12. The Bertz CT molecular complexity index is 1150. The van der Waals surface area contributed by atoms with Crippen molar-refractivity contribution in [3.05, 3.63) is 70.7 Å². The summed E-state index contributed by atoms with van der Waals surface area (Å²) in [6.07, 6.45) is 3.64. The Labute approximate surface area is 168 Å². The zero-order valence-corrected chi connectivity index (χ0v) is 17.1. The van der Waals surface area contributed by atoms with Crippen molar-refractivity contribution >= 4 is 50.3 Å². The Balaban J connectivity index is 1.64. The molecule has 0 aliphatic heterocycles. The summed E-state index contributed by atoms with van der Waals surface area (Å²) in [5.74, 6) is 0.0487. The number of furan rings is 1. The van der Waals surface area contributed by atoms with Crippen molar-refractivity contribution in [2.45, 2.75) is 17.0 Å². The second-order valence-electron chi connectivity index (χ2n) is 6.07. The van der Waals surface area contributed by atoms with Crippen molar-refractivity contribution in [1.82, 2.24) is 9.55 Å². The van der Waals surface area contributed by atoms with Crippen LogP contribution in [-0.4, -0.2) is 15.5 Å². The first kappa shape index (κ1) is 17.9. The summed E-state index contributed by atoms with van der Waals surface area (Å²) in [6, 6.07) is 13.4. The SMILES string of the molecule is Cc1c(C(=O)Nc2ccccc2Sc2nccn2C)oc2ccc(Br)cc12. The molecule has 4 rings (SSSR count). The molecule has 7 heteroatoms. The highest BCUT2D eigenvalue weighted by atomic mass is 79.9. The molecule has 136 valence electrons.